The molecule has 5 rings (SSSR count). The molecule has 3 nitrogen and oxygen atoms in total. The topological polar surface area (TPSA) is 32.3 Å². The van der Waals surface area contributed by atoms with Gasteiger partial charge in [0.25, 0.3) is 5.91 Å². The van der Waals surface area contributed by atoms with Gasteiger partial charge in [0.1, 0.15) is 0 Å². The van der Waals surface area contributed by atoms with Crippen LogP contribution in [-0.2, 0) is 0 Å². The van der Waals surface area contributed by atoms with Crippen LogP contribution >= 0.6 is 23.2 Å². The molecule has 3 heterocycles. The Morgan fingerprint density at radius 2 is 1.81 bits per heavy atom. The van der Waals surface area contributed by atoms with Crippen molar-refractivity contribution in [3.8, 4) is 0 Å². The molecule has 0 spiro atoms. The summed E-state index contributed by atoms with van der Waals surface area (Å²) in [6.45, 7) is 3.54. The third-order valence-corrected chi connectivity index (χ3v) is 6.01. The van der Waals surface area contributed by atoms with Gasteiger partial charge in [-0.15, -0.1) is 0 Å². The molecule has 3 saturated heterocycles. The lowest BCUT2D eigenvalue weighted by atomic mass is 9.65. The molecular formula is C16H18Cl2N2O. The molecule has 4 aliphatic rings. The van der Waals surface area contributed by atoms with Crippen molar-refractivity contribution in [2.24, 2.45) is 17.8 Å². The molecule has 0 radical (unpaired) electrons. The first-order valence-electron chi connectivity index (χ1n) is 7.58. The van der Waals surface area contributed by atoms with E-state index in [1.54, 1.807) is 18.2 Å². The highest BCUT2D eigenvalue weighted by Crippen LogP contribution is 2.43. The van der Waals surface area contributed by atoms with E-state index >= 15 is 0 Å². The van der Waals surface area contributed by atoms with Crippen LogP contribution in [0.25, 0.3) is 0 Å². The van der Waals surface area contributed by atoms with Crippen LogP contribution in [0.2, 0.25) is 10.0 Å². The fourth-order valence-corrected chi connectivity index (χ4v) is 4.81. The lowest BCUT2D eigenvalue weighted by molar-refractivity contribution is -0.0418. The molecule has 21 heavy (non-hydrogen) atoms. The Morgan fingerprint density at radius 1 is 1.10 bits per heavy atom. The van der Waals surface area contributed by atoms with Crippen molar-refractivity contribution in [2.45, 2.75) is 18.9 Å². The average Bonchev–Trinajstić information content (AvgIpc) is 2.45. The van der Waals surface area contributed by atoms with E-state index in [0.717, 1.165) is 19.0 Å². The van der Waals surface area contributed by atoms with Crippen molar-refractivity contribution in [2.75, 3.05) is 19.6 Å². The molecule has 2 unspecified atom stereocenters. The predicted molar refractivity (Wildman–Crippen MR) is 83.9 cm³/mol. The number of nitrogens with one attached hydrogen (secondary N) is 1. The van der Waals surface area contributed by atoms with E-state index in [1.807, 2.05) is 0 Å². The Hall–Kier alpha value is -0.770. The van der Waals surface area contributed by atoms with Crippen molar-refractivity contribution < 1.29 is 4.79 Å². The van der Waals surface area contributed by atoms with Gasteiger partial charge >= 0.3 is 0 Å². The number of rotatable bonds is 2. The van der Waals surface area contributed by atoms with Crippen LogP contribution in [0, 0.1) is 17.8 Å². The maximum Gasteiger partial charge on any atom is 0.251 e. The normalized spacial score (nSPS) is 36.8. The maximum absolute atomic E-state index is 12.5. The number of hydrogen-bond acceptors (Lipinski definition) is 2. The van der Waals surface area contributed by atoms with Gasteiger partial charge in [0.05, 0.1) is 10.0 Å². The molecule has 3 aliphatic heterocycles. The van der Waals surface area contributed by atoms with Crippen LogP contribution in [0.3, 0.4) is 0 Å². The number of amides is 1. The van der Waals surface area contributed by atoms with Gasteiger partial charge in [-0.2, -0.15) is 0 Å². The highest BCUT2D eigenvalue weighted by atomic mass is 35.5. The Kier molecular flexibility index (Phi) is 3.40. The molecule has 1 N–H and O–H groups in total. The van der Waals surface area contributed by atoms with Gasteiger partial charge in [-0.3, -0.25) is 4.79 Å². The minimum absolute atomic E-state index is 0.0268. The molecule has 5 heteroatoms. The van der Waals surface area contributed by atoms with E-state index in [9.17, 15) is 4.79 Å². The minimum atomic E-state index is -0.0268. The maximum atomic E-state index is 12.5. The molecule has 2 atom stereocenters. The quantitative estimate of drug-likeness (QED) is 0.906. The number of nitrogens with zero attached hydrogens (tertiary/aromatic N) is 1. The fraction of sp³-hybridized carbons (Fsp3) is 0.562. The number of carbonyl (C=O) groups excluding carboxylic acids is 1. The van der Waals surface area contributed by atoms with Crippen LogP contribution in [0.1, 0.15) is 23.2 Å². The smallest absolute Gasteiger partial charge is 0.251 e. The van der Waals surface area contributed by atoms with Crippen LogP contribution in [0.5, 0.6) is 0 Å². The monoisotopic (exact) mass is 324 g/mol. The molecule has 1 aromatic carbocycles. The average molecular weight is 325 g/mol. The Balaban J connectivity index is 1.50. The van der Waals surface area contributed by atoms with Crippen LogP contribution in [0.15, 0.2) is 18.2 Å². The van der Waals surface area contributed by atoms with E-state index < -0.39 is 0 Å². The van der Waals surface area contributed by atoms with E-state index in [4.69, 9.17) is 23.2 Å². The Bertz CT molecular complexity index is 562. The number of piperidine rings is 3. The summed E-state index contributed by atoms with van der Waals surface area (Å²) >= 11 is 11.9. The standard InChI is InChI=1S/C16H18Cl2N2O/c17-13-2-1-10(5-14(13)18)16(21)19-15-11-3-9-4-12(15)8-20(6-9)7-11/h1-2,5,9,11-12,15H,3-4,6-8H2,(H,19,21). The van der Waals surface area contributed by atoms with Crippen molar-refractivity contribution >= 4 is 29.1 Å². The van der Waals surface area contributed by atoms with Crippen LogP contribution in [0.4, 0.5) is 0 Å². The molecular weight excluding hydrogens is 307 g/mol. The fourth-order valence-electron chi connectivity index (χ4n) is 4.52. The molecule has 112 valence electrons. The second-order valence-corrected chi connectivity index (χ2v) is 7.52. The summed E-state index contributed by atoms with van der Waals surface area (Å²) in [4.78, 5) is 15.0. The van der Waals surface area contributed by atoms with Crippen molar-refractivity contribution in [3.05, 3.63) is 33.8 Å². The summed E-state index contributed by atoms with van der Waals surface area (Å²) in [6.07, 6.45) is 2.53. The van der Waals surface area contributed by atoms with Gasteiger partial charge in [-0.25, -0.2) is 0 Å². The minimum Gasteiger partial charge on any atom is -0.349 e. The summed E-state index contributed by atoms with van der Waals surface area (Å²) in [5.74, 6) is 2.05. The van der Waals surface area contributed by atoms with Crippen LogP contribution < -0.4 is 5.32 Å². The van der Waals surface area contributed by atoms with Crippen molar-refractivity contribution in [1.29, 1.82) is 0 Å². The molecule has 1 aromatic rings. The van der Waals surface area contributed by atoms with Gasteiger partial charge in [0.15, 0.2) is 0 Å². The first-order chi connectivity index (χ1) is 10.1. The Labute approximate surface area is 134 Å². The van der Waals surface area contributed by atoms with Crippen molar-refractivity contribution in [3.63, 3.8) is 0 Å². The molecule has 4 bridgehead atoms. The summed E-state index contributed by atoms with van der Waals surface area (Å²) in [6, 6.07) is 5.39. The highest BCUT2D eigenvalue weighted by molar-refractivity contribution is 6.42. The Morgan fingerprint density at radius 3 is 2.43 bits per heavy atom. The molecule has 1 aliphatic carbocycles. The van der Waals surface area contributed by atoms with Crippen LogP contribution in [-0.4, -0.2) is 36.5 Å². The first-order valence-corrected chi connectivity index (χ1v) is 8.34. The summed E-state index contributed by atoms with van der Waals surface area (Å²) in [5.41, 5.74) is 0.596. The second kappa shape index (κ2) is 5.15. The van der Waals surface area contributed by atoms with E-state index in [-0.39, 0.29) is 5.91 Å². The zero-order valence-electron chi connectivity index (χ0n) is 11.7. The molecule has 1 amide bonds. The van der Waals surface area contributed by atoms with E-state index in [0.29, 0.717) is 33.5 Å². The van der Waals surface area contributed by atoms with Gasteiger partial charge in [0.2, 0.25) is 0 Å². The zero-order valence-corrected chi connectivity index (χ0v) is 13.2. The van der Waals surface area contributed by atoms with E-state index in [2.05, 4.69) is 10.2 Å². The number of halogens is 2. The predicted octanol–water partition coefficient (Wildman–Crippen LogP) is 3.06. The third kappa shape index (κ3) is 2.45. The SMILES string of the molecule is O=C(NC1C2CC3CC1CN(C3)C2)c1ccc(Cl)c(Cl)c1. The lowest BCUT2D eigenvalue weighted by Crippen LogP contribution is -2.64. The highest BCUT2D eigenvalue weighted by Gasteiger charge is 2.47. The largest absolute Gasteiger partial charge is 0.349 e. The van der Waals surface area contributed by atoms with Gasteiger partial charge < -0.3 is 10.2 Å². The first kappa shape index (κ1) is 13.9. The van der Waals surface area contributed by atoms with Gasteiger partial charge in [-0.1, -0.05) is 23.2 Å². The van der Waals surface area contributed by atoms with Gasteiger partial charge in [-0.05, 0) is 48.8 Å². The lowest BCUT2D eigenvalue weighted by Gasteiger charge is -2.55. The number of benzene rings is 1. The molecule has 4 fully saturated rings. The third-order valence-electron chi connectivity index (χ3n) is 5.27. The number of hydrogen-bond donors (Lipinski definition) is 1. The number of carbonyl (C=O) groups is 1. The van der Waals surface area contributed by atoms with Gasteiger partial charge in [0, 0.05) is 31.2 Å². The summed E-state index contributed by atoms with van der Waals surface area (Å²) < 4.78 is 0. The van der Waals surface area contributed by atoms with Crippen molar-refractivity contribution in [1.82, 2.24) is 10.2 Å². The summed E-state index contributed by atoms with van der Waals surface area (Å²) in [7, 11) is 0. The molecule has 0 aromatic heterocycles. The zero-order chi connectivity index (χ0) is 14.6. The summed E-state index contributed by atoms with van der Waals surface area (Å²) in [5, 5.41) is 4.17. The van der Waals surface area contributed by atoms with E-state index in [1.165, 1.54) is 19.4 Å². The second-order valence-electron chi connectivity index (χ2n) is 6.70. The molecule has 1 saturated carbocycles.